The molecule has 0 bridgehead atoms. The Morgan fingerprint density at radius 1 is 1.00 bits per heavy atom. The first-order chi connectivity index (χ1) is 14.1. The van der Waals surface area contributed by atoms with E-state index in [2.05, 4.69) is 22.5 Å². The molecule has 1 aromatic heterocycles. The highest BCUT2D eigenvalue weighted by molar-refractivity contribution is 7.10. The Bertz CT molecular complexity index is 1030. The first-order valence-corrected chi connectivity index (χ1v) is 10.3. The van der Waals surface area contributed by atoms with Crippen LogP contribution < -0.4 is 10.6 Å². The summed E-state index contributed by atoms with van der Waals surface area (Å²) < 4.78 is 0. The fourth-order valence-corrected chi connectivity index (χ4v) is 3.23. The molecule has 29 heavy (non-hydrogen) atoms. The van der Waals surface area contributed by atoms with Crippen molar-refractivity contribution in [3.8, 4) is 11.8 Å². The third-order valence-electron chi connectivity index (χ3n) is 3.97. The van der Waals surface area contributed by atoms with Crippen molar-refractivity contribution < 1.29 is 9.59 Å². The van der Waals surface area contributed by atoms with Crippen LogP contribution in [0, 0.1) is 11.8 Å². The minimum Gasteiger partial charge on any atom is -0.352 e. The number of thiophene rings is 1. The van der Waals surface area contributed by atoms with E-state index in [0.29, 0.717) is 35.7 Å². The number of halogens is 1. The van der Waals surface area contributed by atoms with Crippen LogP contribution in [-0.2, 0) is 4.79 Å². The lowest BCUT2D eigenvalue weighted by molar-refractivity contribution is -0.116. The lowest BCUT2D eigenvalue weighted by atomic mass is 10.2. The van der Waals surface area contributed by atoms with Gasteiger partial charge in [-0.25, -0.2) is 0 Å². The van der Waals surface area contributed by atoms with Gasteiger partial charge >= 0.3 is 0 Å². The lowest BCUT2D eigenvalue weighted by Gasteiger charge is -2.07. The maximum atomic E-state index is 12.1. The van der Waals surface area contributed by atoms with Gasteiger partial charge in [0.25, 0.3) is 5.91 Å². The Labute approximate surface area is 178 Å². The average Bonchev–Trinajstić information content (AvgIpc) is 3.24. The van der Waals surface area contributed by atoms with Gasteiger partial charge in [-0.1, -0.05) is 35.6 Å². The third kappa shape index (κ3) is 6.79. The standard InChI is InChI=1S/C23H19ClN2O2S/c24-19-11-9-18(10-12-19)23(28)25-14-2-7-22(27)26-20-5-1-4-17(16-20)8-13-21-6-3-15-29-21/h1,3-6,9-12,15-16H,2,7,14H2,(H,25,28)(H,26,27). The van der Waals surface area contributed by atoms with Crippen LogP contribution in [0.5, 0.6) is 0 Å². The van der Waals surface area contributed by atoms with Gasteiger partial charge in [0.15, 0.2) is 0 Å². The number of carbonyl (C=O) groups is 2. The summed E-state index contributed by atoms with van der Waals surface area (Å²) >= 11 is 7.40. The molecule has 0 saturated heterocycles. The summed E-state index contributed by atoms with van der Waals surface area (Å²) in [4.78, 5) is 25.2. The van der Waals surface area contributed by atoms with Crippen molar-refractivity contribution in [2.75, 3.05) is 11.9 Å². The summed E-state index contributed by atoms with van der Waals surface area (Å²) in [6.45, 7) is 0.418. The van der Waals surface area contributed by atoms with E-state index in [0.717, 1.165) is 10.4 Å². The Morgan fingerprint density at radius 3 is 2.59 bits per heavy atom. The molecule has 0 saturated carbocycles. The van der Waals surface area contributed by atoms with E-state index >= 15 is 0 Å². The normalized spacial score (nSPS) is 9.97. The molecule has 0 fully saturated rings. The van der Waals surface area contributed by atoms with Crippen LogP contribution in [0.1, 0.15) is 33.6 Å². The molecule has 2 N–H and O–H groups in total. The fraction of sp³-hybridized carbons (Fsp3) is 0.130. The maximum Gasteiger partial charge on any atom is 0.251 e. The highest BCUT2D eigenvalue weighted by Gasteiger charge is 2.06. The topological polar surface area (TPSA) is 58.2 Å². The van der Waals surface area contributed by atoms with Crippen LogP contribution in [0.25, 0.3) is 0 Å². The van der Waals surface area contributed by atoms with Crippen molar-refractivity contribution in [3.63, 3.8) is 0 Å². The first-order valence-electron chi connectivity index (χ1n) is 9.09. The zero-order valence-corrected chi connectivity index (χ0v) is 17.1. The Morgan fingerprint density at radius 2 is 1.83 bits per heavy atom. The zero-order chi connectivity index (χ0) is 20.5. The molecule has 4 nitrogen and oxygen atoms in total. The number of benzene rings is 2. The molecule has 1 heterocycles. The minimum atomic E-state index is -0.181. The number of rotatable bonds is 6. The van der Waals surface area contributed by atoms with E-state index in [4.69, 9.17) is 11.6 Å². The molecule has 2 aromatic carbocycles. The molecule has 146 valence electrons. The molecule has 0 spiro atoms. The fourth-order valence-electron chi connectivity index (χ4n) is 2.54. The second-order valence-corrected chi connectivity index (χ2v) is 7.61. The SMILES string of the molecule is O=C(CCCNC(=O)c1ccc(Cl)cc1)Nc1cccc(C#Cc2cccs2)c1. The van der Waals surface area contributed by atoms with Gasteiger partial charge in [0.1, 0.15) is 0 Å². The summed E-state index contributed by atoms with van der Waals surface area (Å²) in [5, 5.41) is 8.24. The number of amides is 2. The van der Waals surface area contributed by atoms with Crippen molar-refractivity contribution in [2.45, 2.75) is 12.8 Å². The van der Waals surface area contributed by atoms with E-state index in [1.165, 1.54) is 0 Å². The van der Waals surface area contributed by atoms with Crippen molar-refractivity contribution in [1.82, 2.24) is 5.32 Å². The minimum absolute atomic E-state index is 0.103. The second-order valence-electron chi connectivity index (χ2n) is 6.22. The van der Waals surface area contributed by atoms with Crippen LogP contribution in [0.4, 0.5) is 5.69 Å². The Kier molecular flexibility index (Phi) is 7.46. The Hall–Kier alpha value is -3.07. The van der Waals surface area contributed by atoms with Crippen molar-refractivity contribution in [3.05, 3.63) is 87.1 Å². The molecule has 3 rings (SSSR count). The number of carbonyl (C=O) groups excluding carboxylic acids is 2. The average molecular weight is 423 g/mol. The van der Waals surface area contributed by atoms with Crippen LogP contribution in [0.2, 0.25) is 5.02 Å². The van der Waals surface area contributed by atoms with Crippen molar-refractivity contribution >= 4 is 40.4 Å². The molecular weight excluding hydrogens is 404 g/mol. The smallest absolute Gasteiger partial charge is 0.251 e. The van der Waals surface area contributed by atoms with E-state index in [9.17, 15) is 9.59 Å². The molecule has 3 aromatic rings. The van der Waals surface area contributed by atoms with Gasteiger partial charge in [-0.15, -0.1) is 11.3 Å². The van der Waals surface area contributed by atoms with Crippen LogP contribution in [0.15, 0.2) is 66.0 Å². The molecule has 0 aliphatic carbocycles. The van der Waals surface area contributed by atoms with E-state index in [1.807, 2.05) is 41.8 Å². The molecular formula is C23H19ClN2O2S. The maximum absolute atomic E-state index is 12.1. The summed E-state index contributed by atoms with van der Waals surface area (Å²) in [7, 11) is 0. The van der Waals surface area contributed by atoms with Crippen LogP contribution in [-0.4, -0.2) is 18.4 Å². The molecule has 0 aliphatic rings. The number of hydrogen-bond acceptors (Lipinski definition) is 3. The predicted molar refractivity (Wildman–Crippen MR) is 118 cm³/mol. The zero-order valence-electron chi connectivity index (χ0n) is 15.6. The van der Waals surface area contributed by atoms with Crippen molar-refractivity contribution in [2.24, 2.45) is 0 Å². The van der Waals surface area contributed by atoms with Gasteiger partial charge in [-0.2, -0.15) is 0 Å². The summed E-state index contributed by atoms with van der Waals surface area (Å²) in [5.74, 6) is 5.91. The largest absolute Gasteiger partial charge is 0.352 e. The van der Waals surface area contributed by atoms with Gasteiger partial charge in [-0.3, -0.25) is 9.59 Å². The van der Waals surface area contributed by atoms with Crippen LogP contribution >= 0.6 is 22.9 Å². The number of nitrogens with one attached hydrogen (secondary N) is 2. The van der Waals surface area contributed by atoms with Gasteiger partial charge in [-0.05, 0) is 60.3 Å². The molecule has 0 unspecified atom stereocenters. The highest BCUT2D eigenvalue weighted by atomic mass is 35.5. The monoisotopic (exact) mass is 422 g/mol. The Balaban J connectivity index is 1.43. The summed E-state index contributed by atoms with van der Waals surface area (Å²) in [5.41, 5.74) is 2.09. The second kappa shape index (κ2) is 10.5. The quantitative estimate of drug-likeness (QED) is 0.436. The van der Waals surface area contributed by atoms with Gasteiger partial charge in [0, 0.05) is 34.8 Å². The predicted octanol–water partition coefficient (Wildman–Crippen LogP) is 4.95. The first kappa shape index (κ1) is 20.7. The number of anilines is 1. The van der Waals surface area contributed by atoms with Crippen molar-refractivity contribution in [1.29, 1.82) is 0 Å². The van der Waals surface area contributed by atoms with Crippen LogP contribution in [0.3, 0.4) is 0 Å². The summed E-state index contributed by atoms with van der Waals surface area (Å²) in [6, 6.07) is 18.0. The van der Waals surface area contributed by atoms with Gasteiger partial charge < -0.3 is 10.6 Å². The van der Waals surface area contributed by atoms with E-state index in [1.54, 1.807) is 35.6 Å². The molecule has 2 amide bonds. The summed E-state index contributed by atoms with van der Waals surface area (Å²) in [6.07, 6.45) is 0.856. The lowest BCUT2D eigenvalue weighted by Crippen LogP contribution is -2.25. The third-order valence-corrected chi connectivity index (χ3v) is 5.01. The molecule has 0 atom stereocenters. The highest BCUT2D eigenvalue weighted by Crippen LogP contribution is 2.12. The van der Waals surface area contributed by atoms with Gasteiger partial charge in [0.2, 0.25) is 5.91 Å². The molecule has 0 aliphatic heterocycles. The van der Waals surface area contributed by atoms with Gasteiger partial charge in [0.05, 0.1) is 4.88 Å². The van der Waals surface area contributed by atoms with E-state index < -0.39 is 0 Å². The van der Waals surface area contributed by atoms with E-state index in [-0.39, 0.29) is 11.8 Å². The molecule has 6 heteroatoms. The molecule has 0 radical (unpaired) electrons. The number of hydrogen-bond donors (Lipinski definition) is 2.